The van der Waals surface area contributed by atoms with Gasteiger partial charge in [0.25, 0.3) is 0 Å². The van der Waals surface area contributed by atoms with Gasteiger partial charge in [-0.2, -0.15) is 0 Å². The highest BCUT2D eigenvalue weighted by molar-refractivity contribution is 9.12. The van der Waals surface area contributed by atoms with Crippen LogP contribution in [0.3, 0.4) is 0 Å². The summed E-state index contributed by atoms with van der Waals surface area (Å²) in [6.45, 7) is 1.38. The van der Waals surface area contributed by atoms with Gasteiger partial charge in [-0.3, -0.25) is 0 Å². The van der Waals surface area contributed by atoms with E-state index in [1.54, 1.807) is 11.3 Å². The van der Waals surface area contributed by atoms with Crippen molar-refractivity contribution in [1.82, 2.24) is 0 Å². The third-order valence-corrected chi connectivity index (χ3v) is 5.53. The lowest BCUT2D eigenvalue weighted by atomic mass is 10.0. The molecule has 0 bridgehead atoms. The first kappa shape index (κ1) is 14.4. The molecule has 2 aromatic rings. The van der Waals surface area contributed by atoms with Crippen molar-refractivity contribution in [2.24, 2.45) is 5.73 Å². The van der Waals surface area contributed by atoms with Crippen molar-refractivity contribution >= 4 is 43.2 Å². The summed E-state index contributed by atoms with van der Waals surface area (Å²) in [7, 11) is 0. The van der Waals surface area contributed by atoms with Crippen LogP contribution in [0.1, 0.15) is 23.6 Å². The van der Waals surface area contributed by atoms with E-state index in [9.17, 15) is 0 Å². The molecule has 0 spiro atoms. The molecule has 2 heterocycles. The molecule has 1 atom stereocenters. The molecular formula is C14H13Br2NO2S. The van der Waals surface area contributed by atoms with Crippen molar-refractivity contribution in [2.75, 3.05) is 13.2 Å². The Morgan fingerprint density at radius 1 is 1.10 bits per heavy atom. The van der Waals surface area contributed by atoms with Crippen LogP contribution < -0.4 is 15.2 Å². The molecule has 3 nitrogen and oxygen atoms in total. The molecule has 106 valence electrons. The second-order valence-corrected chi connectivity index (χ2v) is 8.26. The summed E-state index contributed by atoms with van der Waals surface area (Å²) >= 11 is 8.66. The smallest absolute Gasteiger partial charge is 0.161 e. The number of ether oxygens (including phenoxy) is 2. The Bertz CT molecular complexity index is 630. The van der Waals surface area contributed by atoms with Crippen LogP contribution in [0, 0.1) is 0 Å². The number of benzene rings is 1. The van der Waals surface area contributed by atoms with Crippen LogP contribution in [0.5, 0.6) is 11.5 Å². The second kappa shape index (κ2) is 6.05. The Morgan fingerprint density at radius 3 is 2.55 bits per heavy atom. The van der Waals surface area contributed by atoms with Gasteiger partial charge in [0, 0.05) is 6.42 Å². The zero-order chi connectivity index (χ0) is 14.1. The van der Waals surface area contributed by atoms with Gasteiger partial charge in [0.1, 0.15) is 0 Å². The number of nitrogens with two attached hydrogens (primary N) is 1. The highest BCUT2D eigenvalue weighted by atomic mass is 79.9. The molecule has 1 aromatic heterocycles. The largest absolute Gasteiger partial charge is 0.490 e. The van der Waals surface area contributed by atoms with Crippen LogP contribution in [0.25, 0.3) is 0 Å². The van der Waals surface area contributed by atoms with Crippen LogP contribution in [-0.2, 0) is 0 Å². The van der Waals surface area contributed by atoms with Crippen molar-refractivity contribution in [3.63, 3.8) is 0 Å². The van der Waals surface area contributed by atoms with E-state index in [2.05, 4.69) is 31.9 Å². The normalized spacial score (nSPS) is 15.8. The zero-order valence-electron chi connectivity index (χ0n) is 10.6. The maximum Gasteiger partial charge on any atom is 0.161 e. The monoisotopic (exact) mass is 417 g/mol. The summed E-state index contributed by atoms with van der Waals surface area (Å²) in [6.07, 6.45) is 0.902. The number of rotatable bonds is 2. The first-order chi connectivity index (χ1) is 9.65. The number of thiophene rings is 1. The van der Waals surface area contributed by atoms with Crippen molar-refractivity contribution < 1.29 is 9.47 Å². The highest BCUT2D eigenvalue weighted by Gasteiger charge is 2.18. The van der Waals surface area contributed by atoms with Crippen LogP contribution in [-0.4, -0.2) is 13.2 Å². The summed E-state index contributed by atoms with van der Waals surface area (Å²) in [5.74, 6) is 1.57. The topological polar surface area (TPSA) is 44.5 Å². The quantitative estimate of drug-likeness (QED) is 0.781. The lowest BCUT2D eigenvalue weighted by Crippen LogP contribution is -2.11. The standard InChI is InChI=1S/C14H13Br2NO2S/c15-12-7-9(14(16)20-12)13(17)8-2-3-10-11(6-8)19-5-1-4-18-10/h2-3,6-7,13H,1,4-5,17H2. The molecule has 0 saturated carbocycles. The lowest BCUT2D eigenvalue weighted by molar-refractivity contribution is 0.297. The van der Waals surface area contributed by atoms with Gasteiger partial charge >= 0.3 is 0 Å². The summed E-state index contributed by atoms with van der Waals surface area (Å²) in [4.78, 5) is 0. The van der Waals surface area contributed by atoms with Crippen molar-refractivity contribution in [3.8, 4) is 11.5 Å². The molecule has 0 amide bonds. The molecule has 0 saturated heterocycles. The third-order valence-electron chi connectivity index (χ3n) is 3.15. The van der Waals surface area contributed by atoms with Gasteiger partial charge in [-0.05, 0) is 61.2 Å². The predicted octanol–water partition coefficient (Wildman–Crippen LogP) is 4.48. The van der Waals surface area contributed by atoms with Gasteiger partial charge < -0.3 is 15.2 Å². The van der Waals surface area contributed by atoms with Crippen molar-refractivity contribution in [1.29, 1.82) is 0 Å². The molecule has 1 aromatic carbocycles. The fourth-order valence-electron chi connectivity index (χ4n) is 2.12. The molecule has 1 aliphatic heterocycles. The van der Waals surface area contributed by atoms with Crippen LogP contribution in [0.15, 0.2) is 31.8 Å². The predicted molar refractivity (Wildman–Crippen MR) is 87.8 cm³/mol. The molecule has 0 fully saturated rings. The lowest BCUT2D eigenvalue weighted by Gasteiger charge is -2.14. The molecule has 1 aliphatic rings. The molecule has 20 heavy (non-hydrogen) atoms. The van der Waals surface area contributed by atoms with Crippen LogP contribution >= 0.6 is 43.2 Å². The highest BCUT2D eigenvalue weighted by Crippen LogP contribution is 2.39. The van der Waals surface area contributed by atoms with E-state index < -0.39 is 0 Å². The Hall–Kier alpha value is -0.560. The minimum absolute atomic E-state index is 0.191. The molecule has 1 unspecified atom stereocenters. The third kappa shape index (κ3) is 2.88. The molecular weight excluding hydrogens is 406 g/mol. The summed E-state index contributed by atoms with van der Waals surface area (Å²) in [5, 5.41) is 0. The second-order valence-electron chi connectivity index (χ2n) is 4.51. The van der Waals surface area contributed by atoms with E-state index in [-0.39, 0.29) is 6.04 Å². The average Bonchev–Trinajstić information content (AvgIpc) is 2.65. The van der Waals surface area contributed by atoms with Gasteiger partial charge in [-0.1, -0.05) is 6.07 Å². The van der Waals surface area contributed by atoms with Gasteiger partial charge in [0.2, 0.25) is 0 Å². The number of hydrogen-bond donors (Lipinski definition) is 1. The maximum absolute atomic E-state index is 6.36. The van der Waals surface area contributed by atoms with E-state index in [1.165, 1.54) is 0 Å². The van der Waals surface area contributed by atoms with E-state index in [4.69, 9.17) is 15.2 Å². The molecule has 2 N–H and O–H groups in total. The Morgan fingerprint density at radius 2 is 1.85 bits per heavy atom. The molecule has 0 radical (unpaired) electrons. The van der Waals surface area contributed by atoms with Crippen molar-refractivity contribution in [3.05, 3.63) is 43.0 Å². The van der Waals surface area contributed by atoms with Crippen molar-refractivity contribution in [2.45, 2.75) is 12.5 Å². The zero-order valence-corrected chi connectivity index (χ0v) is 14.6. The number of hydrogen-bond acceptors (Lipinski definition) is 4. The van der Waals surface area contributed by atoms with Crippen LogP contribution in [0.4, 0.5) is 0 Å². The van der Waals surface area contributed by atoms with E-state index >= 15 is 0 Å². The molecule has 0 aliphatic carbocycles. The summed E-state index contributed by atoms with van der Waals surface area (Å²) in [5.41, 5.74) is 8.44. The van der Waals surface area contributed by atoms with Crippen LogP contribution in [0.2, 0.25) is 0 Å². The minimum atomic E-state index is -0.191. The number of halogens is 2. The van der Waals surface area contributed by atoms with Gasteiger partial charge in [0.05, 0.1) is 26.8 Å². The van der Waals surface area contributed by atoms with E-state index in [0.29, 0.717) is 13.2 Å². The SMILES string of the molecule is NC(c1ccc2c(c1)OCCCO2)c1cc(Br)sc1Br. The van der Waals surface area contributed by atoms with Gasteiger partial charge in [-0.25, -0.2) is 0 Å². The summed E-state index contributed by atoms with van der Waals surface area (Å²) in [6, 6.07) is 7.76. The Kier molecular flexibility index (Phi) is 4.35. The fourth-order valence-corrected chi connectivity index (χ4v) is 5.05. The van der Waals surface area contributed by atoms with Gasteiger partial charge in [-0.15, -0.1) is 11.3 Å². The minimum Gasteiger partial charge on any atom is -0.490 e. The summed E-state index contributed by atoms with van der Waals surface area (Å²) < 4.78 is 13.5. The number of fused-ring (bicyclic) bond motifs is 1. The van der Waals surface area contributed by atoms with Gasteiger partial charge in [0.15, 0.2) is 11.5 Å². The first-order valence-corrected chi connectivity index (χ1v) is 8.65. The van der Waals surface area contributed by atoms with E-state index in [0.717, 1.165) is 36.6 Å². The molecule has 6 heteroatoms. The fraction of sp³-hybridized carbons (Fsp3) is 0.286. The Balaban J connectivity index is 1.94. The molecule has 3 rings (SSSR count). The maximum atomic E-state index is 6.36. The average molecular weight is 419 g/mol. The Labute approximate surface area is 138 Å². The first-order valence-electron chi connectivity index (χ1n) is 6.25. The van der Waals surface area contributed by atoms with E-state index in [1.807, 2.05) is 24.3 Å².